The first-order chi connectivity index (χ1) is 19.1. The van der Waals surface area contributed by atoms with Crippen molar-refractivity contribution in [3.63, 3.8) is 0 Å². The first-order valence-corrected chi connectivity index (χ1v) is 14.5. The number of anilines is 1. The van der Waals surface area contributed by atoms with Crippen LogP contribution in [0.15, 0.2) is 77.7 Å². The van der Waals surface area contributed by atoms with Gasteiger partial charge < -0.3 is 19.7 Å². The molecule has 0 bridgehead atoms. The zero-order valence-corrected chi connectivity index (χ0v) is 24.4. The van der Waals surface area contributed by atoms with Crippen LogP contribution in [0.1, 0.15) is 31.4 Å². The van der Waals surface area contributed by atoms with Gasteiger partial charge in [0, 0.05) is 19.2 Å². The minimum absolute atomic E-state index is 0.0474. The number of carbonyl (C=O) groups excluding carboxylic acids is 2. The maximum Gasteiger partial charge on any atom is 0.264 e. The van der Waals surface area contributed by atoms with Crippen molar-refractivity contribution in [2.45, 2.75) is 44.7 Å². The Labute approximate surface area is 236 Å². The molecule has 1 atom stereocenters. The van der Waals surface area contributed by atoms with Gasteiger partial charge in [0.15, 0.2) is 0 Å². The number of hydrogen-bond acceptors (Lipinski definition) is 6. The van der Waals surface area contributed by atoms with Gasteiger partial charge in [0.25, 0.3) is 10.0 Å². The summed E-state index contributed by atoms with van der Waals surface area (Å²) < 4.78 is 39.5. The maximum absolute atomic E-state index is 14.0. The first-order valence-electron chi connectivity index (χ1n) is 13.1. The normalized spacial score (nSPS) is 11.8. The second-order valence-electron chi connectivity index (χ2n) is 9.21. The molecular formula is C30H37N3O6S. The van der Waals surface area contributed by atoms with Gasteiger partial charge in [0.05, 0.1) is 24.8 Å². The van der Waals surface area contributed by atoms with E-state index in [-0.39, 0.29) is 23.0 Å². The number of ether oxygens (including phenoxy) is 2. The molecule has 1 N–H and O–H groups in total. The van der Waals surface area contributed by atoms with Gasteiger partial charge in [0.2, 0.25) is 11.8 Å². The van der Waals surface area contributed by atoms with Crippen molar-refractivity contribution in [1.29, 1.82) is 0 Å². The van der Waals surface area contributed by atoms with Crippen LogP contribution in [0, 0.1) is 6.92 Å². The molecule has 9 nitrogen and oxygen atoms in total. The lowest BCUT2D eigenvalue weighted by Crippen LogP contribution is -2.52. The monoisotopic (exact) mass is 567 g/mol. The fourth-order valence-electron chi connectivity index (χ4n) is 4.27. The quantitative estimate of drug-likeness (QED) is 0.333. The summed E-state index contributed by atoms with van der Waals surface area (Å²) in [6.07, 6.45) is 0.345. The average Bonchev–Trinajstić information content (AvgIpc) is 2.96. The maximum atomic E-state index is 14.0. The van der Waals surface area contributed by atoms with Crippen molar-refractivity contribution < 1.29 is 27.5 Å². The van der Waals surface area contributed by atoms with E-state index in [0.717, 1.165) is 15.4 Å². The number of likely N-dealkylation sites (N-methyl/N-ethyl adjacent to an activating group) is 1. The van der Waals surface area contributed by atoms with Gasteiger partial charge >= 0.3 is 0 Å². The van der Waals surface area contributed by atoms with Crippen LogP contribution >= 0.6 is 0 Å². The minimum Gasteiger partial charge on any atom is -0.497 e. The van der Waals surface area contributed by atoms with Gasteiger partial charge in [-0.15, -0.1) is 0 Å². The molecule has 0 aliphatic heterocycles. The second-order valence-corrected chi connectivity index (χ2v) is 11.1. The van der Waals surface area contributed by atoms with Gasteiger partial charge in [0.1, 0.15) is 24.1 Å². The zero-order valence-electron chi connectivity index (χ0n) is 23.6. The van der Waals surface area contributed by atoms with Crippen LogP contribution in [0.3, 0.4) is 0 Å². The molecule has 0 spiro atoms. The van der Waals surface area contributed by atoms with Crippen LogP contribution in [-0.2, 0) is 26.2 Å². The van der Waals surface area contributed by atoms with E-state index in [1.54, 1.807) is 62.6 Å². The summed E-state index contributed by atoms with van der Waals surface area (Å²) in [5.41, 5.74) is 1.94. The minimum atomic E-state index is -4.16. The number of benzene rings is 3. The van der Waals surface area contributed by atoms with Gasteiger partial charge in [-0.05, 0) is 62.2 Å². The molecular weight excluding hydrogens is 530 g/mol. The number of amides is 2. The predicted octanol–water partition coefficient (Wildman–Crippen LogP) is 4.15. The Hall–Kier alpha value is -4.05. The number of nitrogens with zero attached hydrogens (tertiary/aromatic N) is 2. The molecule has 0 heterocycles. The highest BCUT2D eigenvalue weighted by atomic mass is 32.2. The van der Waals surface area contributed by atoms with Gasteiger partial charge in [-0.25, -0.2) is 8.42 Å². The highest BCUT2D eigenvalue weighted by Crippen LogP contribution is 2.28. The standard InChI is InChI=1S/C30H37N3O6S/c1-6-28(30(35)31-7-2)32(20-23-13-15-25(38-4)16-14-23)29(34)21-33(24-9-8-10-26(19-24)39-5)40(36,37)27-17-11-22(3)12-18-27/h8-19,28H,6-7,20-21H2,1-5H3,(H,31,35)/t28-/m1/s1. The number of methoxy groups -OCH3 is 2. The molecule has 214 valence electrons. The molecule has 0 radical (unpaired) electrons. The summed E-state index contributed by atoms with van der Waals surface area (Å²) >= 11 is 0. The third-order valence-electron chi connectivity index (χ3n) is 6.48. The van der Waals surface area contributed by atoms with Crippen molar-refractivity contribution >= 4 is 27.5 Å². The molecule has 3 aromatic carbocycles. The molecule has 10 heteroatoms. The predicted molar refractivity (Wildman–Crippen MR) is 155 cm³/mol. The van der Waals surface area contributed by atoms with Crippen LogP contribution < -0.4 is 19.1 Å². The van der Waals surface area contributed by atoms with Crippen molar-refractivity contribution in [3.05, 3.63) is 83.9 Å². The molecule has 0 aromatic heterocycles. The van der Waals surface area contributed by atoms with E-state index in [2.05, 4.69) is 5.32 Å². The van der Waals surface area contributed by atoms with Crippen LogP contribution in [-0.4, -0.2) is 58.5 Å². The highest BCUT2D eigenvalue weighted by Gasteiger charge is 2.33. The molecule has 0 saturated carbocycles. The number of rotatable bonds is 13. The smallest absolute Gasteiger partial charge is 0.264 e. The van der Waals surface area contributed by atoms with Gasteiger partial charge in [-0.2, -0.15) is 0 Å². The summed E-state index contributed by atoms with van der Waals surface area (Å²) in [6.45, 7) is 5.47. The highest BCUT2D eigenvalue weighted by molar-refractivity contribution is 7.92. The lowest BCUT2D eigenvalue weighted by molar-refractivity contribution is -0.140. The van der Waals surface area contributed by atoms with E-state index in [9.17, 15) is 18.0 Å². The van der Waals surface area contributed by atoms with Crippen LogP contribution in [0.2, 0.25) is 0 Å². The van der Waals surface area contributed by atoms with Crippen LogP contribution in [0.4, 0.5) is 5.69 Å². The molecule has 0 unspecified atom stereocenters. The fourth-order valence-corrected chi connectivity index (χ4v) is 5.68. The van der Waals surface area contributed by atoms with Crippen molar-refractivity contribution in [3.8, 4) is 11.5 Å². The molecule has 0 aliphatic carbocycles. The van der Waals surface area contributed by atoms with E-state index < -0.39 is 28.5 Å². The zero-order chi connectivity index (χ0) is 29.3. The second kappa shape index (κ2) is 13.8. The summed E-state index contributed by atoms with van der Waals surface area (Å²) in [4.78, 5) is 28.5. The summed E-state index contributed by atoms with van der Waals surface area (Å²) in [5.74, 6) is 0.275. The van der Waals surface area contributed by atoms with E-state index >= 15 is 0 Å². The van der Waals surface area contributed by atoms with Crippen LogP contribution in [0.25, 0.3) is 0 Å². The molecule has 0 saturated heterocycles. The Morgan fingerprint density at radius 3 is 2.12 bits per heavy atom. The van der Waals surface area contributed by atoms with Gasteiger partial charge in [-0.1, -0.05) is 42.8 Å². The number of carbonyl (C=O) groups is 2. The van der Waals surface area contributed by atoms with Gasteiger partial charge in [-0.3, -0.25) is 13.9 Å². The molecule has 3 aromatic rings. The Kier molecular flexibility index (Phi) is 10.6. The SMILES string of the molecule is CCNC(=O)[C@@H](CC)N(Cc1ccc(OC)cc1)C(=O)CN(c1cccc(OC)c1)S(=O)(=O)c1ccc(C)cc1. The Balaban J connectivity index is 2.07. The molecule has 3 rings (SSSR count). The topological polar surface area (TPSA) is 105 Å². The number of nitrogens with one attached hydrogen (secondary N) is 1. The lowest BCUT2D eigenvalue weighted by atomic mass is 10.1. The van der Waals surface area contributed by atoms with E-state index in [0.29, 0.717) is 24.5 Å². The molecule has 40 heavy (non-hydrogen) atoms. The van der Waals surface area contributed by atoms with Crippen LogP contribution in [0.5, 0.6) is 11.5 Å². The largest absolute Gasteiger partial charge is 0.497 e. The van der Waals surface area contributed by atoms with Crippen molar-refractivity contribution in [2.75, 3.05) is 31.6 Å². The summed E-state index contributed by atoms with van der Waals surface area (Å²) in [5, 5.41) is 2.80. The Bertz CT molecular complexity index is 1390. The van der Waals surface area contributed by atoms with E-state index in [4.69, 9.17) is 9.47 Å². The number of aryl methyl sites for hydroxylation is 1. The molecule has 0 fully saturated rings. The number of sulfonamides is 1. The average molecular weight is 568 g/mol. The third-order valence-corrected chi connectivity index (χ3v) is 8.27. The third kappa shape index (κ3) is 7.32. The van der Waals surface area contributed by atoms with Crippen molar-refractivity contribution in [2.24, 2.45) is 0 Å². The fraction of sp³-hybridized carbons (Fsp3) is 0.333. The lowest BCUT2D eigenvalue weighted by Gasteiger charge is -2.33. The molecule has 2 amide bonds. The van der Waals surface area contributed by atoms with E-state index in [1.807, 2.05) is 26.0 Å². The summed E-state index contributed by atoms with van der Waals surface area (Å²) in [7, 11) is -1.11. The molecule has 0 aliphatic rings. The Morgan fingerprint density at radius 2 is 1.55 bits per heavy atom. The number of hydrogen-bond donors (Lipinski definition) is 1. The summed E-state index contributed by atoms with van der Waals surface area (Å²) in [6, 6.07) is 19.3. The van der Waals surface area contributed by atoms with E-state index in [1.165, 1.54) is 24.1 Å². The Morgan fingerprint density at radius 1 is 0.900 bits per heavy atom. The van der Waals surface area contributed by atoms with Crippen molar-refractivity contribution in [1.82, 2.24) is 10.2 Å². The first kappa shape index (κ1) is 30.5.